The van der Waals surface area contributed by atoms with Crippen molar-refractivity contribution < 1.29 is 19.1 Å². The fraction of sp³-hybridized carbons (Fsp3) is 0.704. The van der Waals surface area contributed by atoms with Crippen LogP contribution in [0.5, 0.6) is 11.5 Å². The van der Waals surface area contributed by atoms with E-state index in [4.69, 9.17) is 9.47 Å². The van der Waals surface area contributed by atoms with Crippen molar-refractivity contribution in [1.82, 2.24) is 10.2 Å². The quantitative estimate of drug-likeness (QED) is 0.588. The second-order valence-electron chi connectivity index (χ2n) is 10.9. The number of ether oxygens (including phenoxy) is 2. The van der Waals surface area contributed by atoms with Crippen LogP contribution in [-0.4, -0.2) is 44.0 Å². The monoisotopic (exact) mass is 454 g/mol. The van der Waals surface area contributed by atoms with Gasteiger partial charge in [0, 0.05) is 24.9 Å². The van der Waals surface area contributed by atoms with E-state index in [0.29, 0.717) is 30.9 Å². The number of carbonyl (C=O) groups is 2. The number of nitrogens with zero attached hydrogens (tertiary/aromatic N) is 1. The normalized spacial score (nSPS) is 32.1. The third-order valence-electron chi connectivity index (χ3n) is 8.74. The van der Waals surface area contributed by atoms with Crippen molar-refractivity contribution in [1.29, 1.82) is 0 Å². The average Bonchev–Trinajstić information content (AvgIpc) is 3.30. The number of carbonyl (C=O) groups excluding carboxylic acids is 2. The molecular weight excluding hydrogens is 416 g/mol. The van der Waals surface area contributed by atoms with Crippen molar-refractivity contribution >= 4 is 11.8 Å². The summed E-state index contributed by atoms with van der Waals surface area (Å²) < 4.78 is 10.8. The summed E-state index contributed by atoms with van der Waals surface area (Å²) in [6.45, 7) is 1.39. The summed E-state index contributed by atoms with van der Waals surface area (Å²) in [5.74, 6) is 4.15. The molecule has 0 unspecified atom stereocenters. The van der Waals surface area contributed by atoms with Crippen molar-refractivity contribution in [3.8, 4) is 11.5 Å². The molecule has 1 aliphatic heterocycles. The van der Waals surface area contributed by atoms with Gasteiger partial charge in [0.2, 0.25) is 11.8 Å². The van der Waals surface area contributed by atoms with E-state index in [0.717, 1.165) is 62.0 Å². The number of amides is 2. The molecule has 4 bridgehead atoms. The second-order valence-corrected chi connectivity index (χ2v) is 10.9. The lowest BCUT2D eigenvalue weighted by Gasteiger charge is -2.55. The molecule has 6 heteroatoms. The molecule has 1 aromatic carbocycles. The van der Waals surface area contributed by atoms with E-state index in [1.807, 2.05) is 23.1 Å². The molecular formula is C27H38N2O4. The van der Waals surface area contributed by atoms with Gasteiger partial charge in [-0.1, -0.05) is 6.07 Å². The molecule has 4 aliphatic carbocycles. The Morgan fingerprint density at radius 1 is 1.03 bits per heavy atom. The number of likely N-dealkylation sites (tertiary alicyclic amines) is 1. The van der Waals surface area contributed by atoms with Crippen LogP contribution >= 0.6 is 0 Å². The summed E-state index contributed by atoms with van der Waals surface area (Å²) >= 11 is 0. The lowest BCUT2D eigenvalue weighted by Crippen LogP contribution is -2.53. The molecule has 2 amide bonds. The van der Waals surface area contributed by atoms with Crippen molar-refractivity contribution in [2.24, 2.45) is 23.2 Å². The van der Waals surface area contributed by atoms with Gasteiger partial charge in [0.25, 0.3) is 0 Å². The Morgan fingerprint density at radius 2 is 1.70 bits per heavy atom. The molecule has 180 valence electrons. The smallest absolute Gasteiger partial charge is 0.226 e. The zero-order valence-corrected chi connectivity index (χ0v) is 20.1. The Morgan fingerprint density at radius 3 is 2.33 bits per heavy atom. The number of nitrogens with one attached hydrogen (secondary N) is 1. The van der Waals surface area contributed by atoms with E-state index in [9.17, 15) is 9.59 Å². The van der Waals surface area contributed by atoms with E-state index in [1.165, 1.54) is 19.3 Å². The highest BCUT2D eigenvalue weighted by Gasteiger charge is 2.54. The molecule has 1 saturated heterocycles. The highest BCUT2D eigenvalue weighted by molar-refractivity contribution is 5.83. The van der Waals surface area contributed by atoms with Gasteiger partial charge in [-0.3, -0.25) is 9.59 Å². The minimum atomic E-state index is -0.105. The fourth-order valence-corrected chi connectivity index (χ4v) is 7.63. The van der Waals surface area contributed by atoms with Crippen LogP contribution in [0.15, 0.2) is 18.2 Å². The molecule has 0 spiro atoms. The zero-order chi connectivity index (χ0) is 23.0. The predicted molar refractivity (Wildman–Crippen MR) is 126 cm³/mol. The maximum atomic E-state index is 13.1. The molecule has 6 nitrogen and oxygen atoms in total. The molecule has 1 heterocycles. The minimum Gasteiger partial charge on any atom is -0.493 e. The molecule has 0 aromatic heterocycles. The minimum absolute atomic E-state index is 0.0823. The molecule has 5 fully saturated rings. The van der Waals surface area contributed by atoms with E-state index < -0.39 is 0 Å². The van der Waals surface area contributed by atoms with Crippen molar-refractivity contribution in [2.45, 2.75) is 70.3 Å². The summed E-state index contributed by atoms with van der Waals surface area (Å²) in [5, 5.41) is 3.22. The first-order valence-corrected chi connectivity index (χ1v) is 12.8. The maximum Gasteiger partial charge on any atom is 0.226 e. The van der Waals surface area contributed by atoms with Crippen LogP contribution in [-0.2, 0) is 9.59 Å². The second kappa shape index (κ2) is 9.19. The standard InChI is InChI=1S/C27H38N2O4/c1-32-23-8-7-21(14-24(23)33-2)22-5-4-10-29(22)25(30)6-3-9-28-26(31)27-15-18-11-19(16-27)13-20(12-18)17-27/h7-8,14,18-20,22H,3-6,9-13,15-17H2,1-2H3,(H,28,31)/t18?,19?,20?,22-,27?/m0/s1. The van der Waals surface area contributed by atoms with E-state index >= 15 is 0 Å². The van der Waals surface area contributed by atoms with Gasteiger partial charge in [0.1, 0.15) is 0 Å². The molecule has 0 radical (unpaired) electrons. The van der Waals surface area contributed by atoms with E-state index in [2.05, 4.69) is 5.32 Å². The lowest BCUT2D eigenvalue weighted by molar-refractivity contribution is -0.146. The van der Waals surface area contributed by atoms with Gasteiger partial charge >= 0.3 is 0 Å². The first kappa shape index (κ1) is 22.5. The van der Waals surface area contributed by atoms with Crippen molar-refractivity contribution in [2.75, 3.05) is 27.3 Å². The summed E-state index contributed by atoms with van der Waals surface area (Å²) in [6, 6.07) is 6.01. The maximum absolute atomic E-state index is 13.1. The highest BCUT2D eigenvalue weighted by Crippen LogP contribution is 2.60. The Hall–Kier alpha value is -2.24. The molecule has 6 rings (SSSR count). The number of benzene rings is 1. The van der Waals surface area contributed by atoms with Gasteiger partial charge in [-0.25, -0.2) is 0 Å². The Balaban J connectivity index is 1.13. The van der Waals surface area contributed by atoms with Crippen LogP contribution in [0.25, 0.3) is 0 Å². The largest absolute Gasteiger partial charge is 0.493 e. The average molecular weight is 455 g/mol. The Kier molecular flexibility index (Phi) is 6.28. The fourth-order valence-electron chi connectivity index (χ4n) is 7.63. The summed E-state index contributed by atoms with van der Waals surface area (Å²) in [7, 11) is 3.27. The summed E-state index contributed by atoms with van der Waals surface area (Å²) in [5.41, 5.74) is 0.986. The van der Waals surface area contributed by atoms with Crippen LogP contribution < -0.4 is 14.8 Å². The number of hydrogen-bond acceptors (Lipinski definition) is 4. The van der Waals surface area contributed by atoms with Gasteiger partial charge in [-0.05, 0) is 93.2 Å². The first-order valence-electron chi connectivity index (χ1n) is 12.8. The molecule has 5 aliphatic rings. The van der Waals surface area contributed by atoms with E-state index in [-0.39, 0.29) is 23.3 Å². The lowest BCUT2D eigenvalue weighted by atomic mass is 9.49. The third-order valence-corrected chi connectivity index (χ3v) is 8.74. The van der Waals surface area contributed by atoms with Gasteiger partial charge in [0.05, 0.1) is 20.3 Å². The molecule has 33 heavy (non-hydrogen) atoms. The Bertz CT molecular complexity index is 863. The van der Waals surface area contributed by atoms with E-state index in [1.54, 1.807) is 14.2 Å². The number of methoxy groups -OCH3 is 2. The van der Waals surface area contributed by atoms with Crippen molar-refractivity contribution in [3.05, 3.63) is 23.8 Å². The highest BCUT2D eigenvalue weighted by atomic mass is 16.5. The molecule has 1 aromatic rings. The first-order chi connectivity index (χ1) is 16.0. The van der Waals surface area contributed by atoms with Crippen LogP contribution in [0.2, 0.25) is 0 Å². The van der Waals surface area contributed by atoms with Crippen LogP contribution in [0.1, 0.15) is 75.8 Å². The van der Waals surface area contributed by atoms with Crippen LogP contribution in [0.4, 0.5) is 0 Å². The van der Waals surface area contributed by atoms with Crippen LogP contribution in [0.3, 0.4) is 0 Å². The van der Waals surface area contributed by atoms with Gasteiger partial charge in [-0.15, -0.1) is 0 Å². The van der Waals surface area contributed by atoms with Gasteiger partial charge < -0.3 is 19.7 Å². The SMILES string of the molecule is COc1ccc([C@@H]2CCCN2C(=O)CCCNC(=O)C23CC4CC(CC(C4)C2)C3)cc1OC. The number of rotatable bonds is 8. The number of hydrogen-bond donors (Lipinski definition) is 1. The zero-order valence-electron chi connectivity index (χ0n) is 20.1. The summed E-state index contributed by atoms with van der Waals surface area (Å²) in [4.78, 5) is 28.2. The van der Waals surface area contributed by atoms with Gasteiger partial charge in [-0.2, -0.15) is 0 Å². The van der Waals surface area contributed by atoms with Gasteiger partial charge in [0.15, 0.2) is 11.5 Å². The van der Waals surface area contributed by atoms with Crippen LogP contribution in [0, 0.1) is 23.2 Å². The molecule has 4 saturated carbocycles. The topological polar surface area (TPSA) is 67.9 Å². The molecule has 1 atom stereocenters. The molecule has 1 N–H and O–H groups in total. The van der Waals surface area contributed by atoms with Crippen molar-refractivity contribution in [3.63, 3.8) is 0 Å². The summed E-state index contributed by atoms with van der Waals surface area (Å²) in [6.07, 6.45) is 10.4. The third kappa shape index (κ3) is 4.33. The predicted octanol–water partition coefficient (Wildman–Crippen LogP) is 4.48. The Labute approximate surface area is 197 Å².